The summed E-state index contributed by atoms with van der Waals surface area (Å²) in [6, 6.07) is 1.95. The van der Waals surface area contributed by atoms with E-state index in [1.54, 1.807) is 11.8 Å². The summed E-state index contributed by atoms with van der Waals surface area (Å²) in [4.78, 5) is 1.26. The summed E-state index contributed by atoms with van der Waals surface area (Å²) in [5, 5.41) is 4.04. The van der Waals surface area contributed by atoms with Gasteiger partial charge in [-0.15, -0.1) is 0 Å². The molecule has 1 aromatic carbocycles. The van der Waals surface area contributed by atoms with E-state index in [2.05, 4.69) is 58.7 Å². The van der Waals surface area contributed by atoms with Gasteiger partial charge in [-0.1, -0.05) is 71.9 Å². The lowest BCUT2D eigenvalue weighted by Crippen LogP contribution is -2.09. The molecule has 1 aromatic rings. The maximum atomic E-state index is 14.9. The summed E-state index contributed by atoms with van der Waals surface area (Å²) >= 11 is 1.59. The zero-order valence-corrected chi connectivity index (χ0v) is 21.9. The van der Waals surface area contributed by atoms with Crippen LogP contribution in [0, 0.1) is 18.2 Å². The van der Waals surface area contributed by atoms with Gasteiger partial charge in [0.15, 0.2) is 0 Å². The van der Waals surface area contributed by atoms with Gasteiger partial charge in [-0.25, -0.2) is 4.39 Å². The number of rotatable bonds is 6. The van der Waals surface area contributed by atoms with Gasteiger partial charge in [0.2, 0.25) is 0 Å². The number of halogens is 1. The van der Waals surface area contributed by atoms with Gasteiger partial charge in [-0.3, -0.25) is 0 Å². The van der Waals surface area contributed by atoms with Crippen LogP contribution < -0.4 is 16.8 Å². The Morgan fingerprint density at radius 2 is 1.71 bits per heavy atom. The maximum absolute atomic E-state index is 14.9. The highest BCUT2D eigenvalue weighted by Gasteiger charge is 2.24. The standard InChI is InChI=1S/C25H37FN2S.CH5N/c1-14(2)19-11-17(6)23(26)22(15(3)4)24(19)28-13-21(27)29-18-10-16(5)20(12-18)25(7,8)9;1-2/h11-15,28H,10,27H2,1-9H3;2H2,1H3/b21-13+;. The number of benzene rings is 1. The fraction of sp³-hybridized carbons (Fsp3) is 0.538. The molecule has 5 N–H and O–H groups in total. The molecular weight excluding hydrogens is 405 g/mol. The Labute approximate surface area is 193 Å². The molecule has 0 aliphatic heterocycles. The lowest BCUT2D eigenvalue weighted by molar-refractivity contribution is 0.514. The van der Waals surface area contributed by atoms with Gasteiger partial charge in [0.05, 0.1) is 5.03 Å². The van der Waals surface area contributed by atoms with Crippen LogP contribution in [0.25, 0.3) is 0 Å². The molecule has 0 fully saturated rings. The van der Waals surface area contributed by atoms with Gasteiger partial charge >= 0.3 is 0 Å². The fourth-order valence-electron chi connectivity index (χ4n) is 3.94. The van der Waals surface area contributed by atoms with Crippen LogP contribution in [0.1, 0.15) is 90.3 Å². The second-order valence-corrected chi connectivity index (χ2v) is 10.9. The molecule has 1 aliphatic rings. The molecule has 174 valence electrons. The molecule has 0 saturated carbocycles. The van der Waals surface area contributed by atoms with Crippen LogP contribution >= 0.6 is 11.8 Å². The first-order chi connectivity index (χ1) is 14.3. The Kier molecular flexibility index (Phi) is 9.90. The Bertz CT molecular complexity index is 872. The van der Waals surface area contributed by atoms with Gasteiger partial charge < -0.3 is 16.8 Å². The Morgan fingerprint density at radius 1 is 1.13 bits per heavy atom. The van der Waals surface area contributed by atoms with Gasteiger partial charge in [-0.05, 0) is 65.8 Å². The van der Waals surface area contributed by atoms with Crippen molar-refractivity contribution in [2.45, 2.75) is 80.6 Å². The first kappa shape index (κ1) is 27.3. The molecule has 0 atom stereocenters. The summed E-state index contributed by atoms with van der Waals surface area (Å²) in [6.07, 6.45) is 5.03. The average Bonchev–Trinajstić information content (AvgIpc) is 3.03. The SMILES string of the molecule is CC1=C(C(C)(C)C)C=C(S/C(N)=C/Nc2c(C(C)C)cc(C)c(F)c2C(C)C)C1.CN. The fourth-order valence-corrected chi connectivity index (χ4v) is 4.83. The number of thioether (sulfide) groups is 1. The van der Waals surface area contributed by atoms with E-state index in [4.69, 9.17) is 5.73 Å². The van der Waals surface area contributed by atoms with Crippen LogP contribution in [0.2, 0.25) is 0 Å². The molecule has 0 aromatic heterocycles. The zero-order valence-electron chi connectivity index (χ0n) is 21.0. The van der Waals surface area contributed by atoms with Crippen LogP contribution in [-0.2, 0) is 0 Å². The predicted molar refractivity (Wildman–Crippen MR) is 138 cm³/mol. The van der Waals surface area contributed by atoms with Crippen LogP contribution in [-0.4, -0.2) is 7.05 Å². The molecule has 2 rings (SSSR count). The molecule has 0 radical (unpaired) electrons. The van der Waals surface area contributed by atoms with Crippen LogP contribution in [0.5, 0.6) is 0 Å². The van der Waals surface area contributed by atoms with E-state index in [-0.39, 0.29) is 23.1 Å². The number of anilines is 1. The van der Waals surface area contributed by atoms with E-state index in [1.807, 2.05) is 33.0 Å². The number of allylic oxidation sites excluding steroid dienone is 4. The normalized spacial score (nSPS) is 14.8. The van der Waals surface area contributed by atoms with E-state index in [0.29, 0.717) is 10.6 Å². The molecule has 0 heterocycles. The third kappa shape index (κ3) is 6.88. The molecule has 0 saturated heterocycles. The Balaban J connectivity index is 0.00000233. The number of hydrogen-bond donors (Lipinski definition) is 3. The smallest absolute Gasteiger partial charge is 0.131 e. The molecule has 31 heavy (non-hydrogen) atoms. The highest BCUT2D eigenvalue weighted by Crippen LogP contribution is 2.42. The second-order valence-electron chi connectivity index (χ2n) is 9.72. The van der Waals surface area contributed by atoms with E-state index in [1.165, 1.54) is 23.1 Å². The highest BCUT2D eigenvalue weighted by atomic mass is 32.2. The summed E-state index contributed by atoms with van der Waals surface area (Å²) < 4.78 is 14.9. The minimum absolute atomic E-state index is 0.0795. The second kappa shape index (κ2) is 11.2. The minimum atomic E-state index is -0.125. The summed E-state index contributed by atoms with van der Waals surface area (Å²) in [7, 11) is 1.50. The van der Waals surface area contributed by atoms with Gasteiger partial charge in [0, 0.05) is 23.9 Å². The third-order valence-corrected chi connectivity index (χ3v) is 6.21. The first-order valence-corrected chi connectivity index (χ1v) is 11.9. The van der Waals surface area contributed by atoms with Crippen molar-refractivity contribution >= 4 is 17.4 Å². The van der Waals surface area contributed by atoms with Gasteiger partial charge in [0.1, 0.15) is 5.82 Å². The average molecular weight is 448 g/mol. The van der Waals surface area contributed by atoms with Crippen molar-refractivity contribution < 1.29 is 4.39 Å². The van der Waals surface area contributed by atoms with Crippen molar-refractivity contribution in [1.29, 1.82) is 0 Å². The Hall–Kier alpha value is -1.72. The lowest BCUT2D eigenvalue weighted by Gasteiger charge is -2.22. The van der Waals surface area contributed by atoms with Crippen molar-refractivity contribution in [3.05, 3.63) is 61.9 Å². The Morgan fingerprint density at radius 3 is 2.16 bits per heavy atom. The van der Waals surface area contributed by atoms with Gasteiger partial charge in [-0.2, -0.15) is 0 Å². The molecule has 1 aliphatic carbocycles. The van der Waals surface area contributed by atoms with Gasteiger partial charge in [0.25, 0.3) is 0 Å². The van der Waals surface area contributed by atoms with Crippen LogP contribution in [0.15, 0.2) is 39.4 Å². The van der Waals surface area contributed by atoms with Crippen molar-refractivity contribution in [1.82, 2.24) is 0 Å². The van der Waals surface area contributed by atoms with Crippen molar-refractivity contribution in [2.75, 3.05) is 12.4 Å². The number of hydrogen-bond acceptors (Lipinski definition) is 4. The minimum Gasteiger partial charge on any atom is -0.392 e. The first-order valence-electron chi connectivity index (χ1n) is 11.0. The molecule has 0 spiro atoms. The monoisotopic (exact) mass is 447 g/mol. The summed E-state index contributed by atoms with van der Waals surface area (Å²) in [6.45, 7) is 19.1. The summed E-state index contributed by atoms with van der Waals surface area (Å²) in [5.41, 5.74) is 17.2. The van der Waals surface area contributed by atoms with E-state index in [9.17, 15) is 4.39 Å². The van der Waals surface area contributed by atoms with Crippen LogP contribution in [0.4, 0.5) is 10.1 Å². The predicted octanol–water partition coefficient (Wildman–Crippen LogP) is 7.51. The largest absolute Gasteiger partial charge is 0.392 e. The van der Waals surface area contributed by atoms with E-state index < -0.39 is 0 Å². The van der Waals surface area contributed by atoms with Crippen molar-refractivity contribution in [2.24, 2.45) is 16.9 Å². The molecule has 3 nitrogen and oxygen atoms in total. The molecule has 0 amide bonds. The molecule has 0 unspecified atom stereocenters. The molecular formula is C26H42FN3S. The number of aryl methyl sites for hydroxylation is 1. The van der Waals surface area contributed by atoms with E-state index in [0.717, 1.165) is 23.2 Å². The van der Waals surface area contributed by atoms with Crippen molar-refractivity contribution in [3.63, 3.8) is 0 Å². The topological polar surface area (TPSA) is 64.1 Å². The van der Waals surface area contributed by atoms with E-state index >= 15 is 0 Å². The quantitative estimate of drug-likeness (QED) is 0.422. The third-order valence-electron chi connectivity index (χ3n) is 5.33. The molecule has 5 heteroatoms. The lowest BCUT2D eigenvalue weighted by atomic mass is 9.85. The maximum Gasteiger partial charge on any atom is 0.131 e. The zero-order chi connectivity index (χ0) is 24.1. The summed E-state index contributed by atoms with van der Waals surface area (Å²) in [5.74, 6) is 0.242. The van der Waals surface area contributed by atoms with Crippen LogP contribution in [0.3, 0.4) is 0 Å². The number of nitrogens with two attached hydrogens (primary N) is 2. The van der Waals surface area contributed by atoms with Crippen molar-refractivity contribution in [3.8, 4) is 0 Å². The highest BCUT2D eigenvalue weighted by molar-refractivity contribution is 8.06. The molecule has 0 bridgehead atoms. The number of nitrogens with one attached hydrogen (secondary N) is 1.